The summed E-state index contributed by atoms with van der Waals surface area (Å²) in [6, 6.07) is 18.3. The molecule has 0 aromatic heterocycles. The molecule has 0 fully saturated rings. The molecule has 0 aliphatic carbocycles. The van der Waals surface area contributed by atoms with E-state index in [0.717, 1.165) is 21.0 Å². The van der Waals surface area contributed by atoms with Gasteiger partial charge in [-0.2, -0.15) is 0 Å². The average Bonchev–Trinajstić information content (AvgIpc) is 2.89. The van der Waals surface area contributed by atoms with E-state index >= 15 is 0 Å². The summed E-state index contributed by atoms with van der Waals surface area (Å²) in [7, 11) is -2.63. The third-order valence-electron chi connectivity index (χ3n) is 6.43. The van der Waals surface area contributed by atoms with Crippen molar-refractivity contribution in [1.29, 1.82) is 0 Å². The van der Waals surface area contributed by atoms with Gasteiger partial charge in [-0.05, 0) is 62.6 Å². The number of likely N-dealkylation sites (N-methyl/N-ethyl adjacent to an activating group) is 1. The second kappa shape index (κ2) is 12.5. The Morgan fingerprint density at radius 3 is 2.05 bits per heavy atom. The number of hydrogen-bond acceptors (Lipinski definition) is 4. The van der Waals surface area contributed by atoms with Gasteiger partial charge in [0.25, 0.3) is 10.0 Å². The standard InChI is InChI=1S/C29H34ClN3O4S/c1-6-26(29(35)31-5)32(18-23-12-7-20(2)8-13-23)28(34)19-33(27-17-24(30)14-11-22(27)4)38(36,37)25-15-9-21(3)10-16-25/h7-17,26H,6,18-19H2,1-5H3,(H,31,35)/t26-/m1/s1. The molecule has 3 rings (SSSR count). The molecule has 202 valence electrons. The van der Waals surface area contributed by atoms with Crippen molar-refractivity contribution in [2.24, 2.45) is 0 Å². The first-order valence-corrected chi connectivity index (χ1v) is 14.2. The molecule has 0 spiro atoms. The molecule has 1 N–H and O–H groups in total. The molecule has 3 aromatic rings. The SMILES string of the molecule is CC[C@H](C(=O)NC)N(Cc1ccc(C)cc1)C(=O)CN(c1cc(Cl)ccc1C)S(=O)(=O)c1ccc(C)cc1. The number of rotatable bonds is 10. The minimum atomic E-state index is -4.15. The molecule has 7 nitrogen and oxygen atoms in total. The number of carbonyl (C=O) groups excluding carboxylic acids is 2. The van der Waals surface area contributed by atoms with Crippen LogP contribution in [0.3, 0.4) is 0 Å². The normalized spacial score (nSPS) is 12.1. The minimum absolute atomic E-state index is 0.0544. The summed E-state index contributed by atoms with van der Waals surface area (Å²) < 4.78 is 28.9. The summed E-state index contributed by atoms with van der Waals surface area (Å²) >= 11 is 6.26. The number of hydrogen-bond donors (Lipinski definition) is 1. The van der Waals surface area contributed by atoms with Gasteiger partial charge in [0.2, 0.25) is 11.8 Å². The number of halogens is 1. The molecule has 0 bridgehead atoms. The molecule has 3 aromatic carbocycles. The van der Waals surface area contributed by atoms with Crippen LogP contribution in [0.25, 0.3) is 0 Å². The number of anilines is 1. The van der Waals surface area contributed by atoms with Crippen molar-refractivity contribution in [3.63, 3.8) is 0 Å². The fourth-order valence-corrected chi connectivity index (χ4v) is 5.82. The van der Waals surface area contributed by atoms with Crippen molar-refractivity contribution in [3.8, 4) is 0 Å². The smallest absolute Gasteiger partial charge is 0.264 e. The van der Waals surface area contributed by atoms with Crippen LogP contribution in [0, 0.1) is 20.8 Å². The Kier molecular flexibility index (Phi) is 9.57. The maximum absolute atomic E-state index is 14.0. The maximum atomic E-state index is 14.0. The molecule has 0 aliphatic rings. The average molecular weight is 556 g/mol. The van der Waals surface area contributed by atoms with Gasteiger partial charge in [-0.25, -0.2) is 8.42 Å². The highest BCUT2D eigenvalue weighted by molar-refractivity contribution is 7.92. The van der Waals surface area contributed by atoms with Crippen LogP contribution in [0.2, 0.25) is 5.02 Å². The fourth-order valence-electron chi connectivity index (χ4n) is 4.18. The van der Waals surface area contributed by atoms with Crippen molar-refractivity contribution >= 4 is 39.1 Å². The molecule has 0 unspecified atom stereocenters. The van der Waals surface area contributed by atoms with Gasteiger partial charge in [-0.1, -0.05) is 72.1 Å². The predicted molar refractivity (Wildman–Crippen MR) is 152 cm³/mol. The Labute approximate surface area is 230 Å². The highest BCUT2D eigenvalue weighted by Crippen LogP contribution is 2.30. The second-order valence-electron chi connectivity index (χ2n) is 9.30. The number of carbonyl (C=O) groups is 2. The van der Waals surface area contributed by atoms with Crippen molar-refractivity contribution in [2.75, 3.05) is 17.9 Å². The fraction of sp³-hybridized carbons (Fsp3) is 0.310. The van der Waals surface area contributed by atoms with E-state index in [2.05, 4.69) is 5.32 Å². The molecule has 0 saturated carbocycles. The van der Waals surface area contributed by atoms with E-state index in [0.29, 0.717) is 22.7 Å². The lowest BCUT2D eigenvalue weighted by molar-refractivity contribution is -0.140. The van der Waals surface area contributed by atoms with E-state index in [4.69, 9.17) is 11.6 Å². The van der Waals surface area contributed by atoms with Crippen LogP contribution < -0.4 is 9.62 Å². The Bertz CT molecular complexity index is 1390. The lowest BCUT2D eigenvalue weighted by Crippen LogP contribution is -2.51. The van der Waals surface area contributed by atoms with Gasteiger partial charge >= 0.3 is 0 Å². The van der Waals surface area contributed by atoms with Crippen LogP contribution in [0.15, 0.2) is 71.6 Å². The summed E-state index contributed by atoms with van der Waals surface area (Å²) in [5, 5.41) is 2.97. The Hall–Kier alpha value is -3.36. The lowest BCUT2D eigenvalue weighted by atomic mass is 10.1. The van der Waals surface area contributed by atoms with Crippen molar-refractivity contribution in [1.82, 2.24) is 10.2 Å². The number of nitrogens with one attached hydrogen (secondary N) is 1. The van der Waals surface area contributed by atoms with Gasteiger partial charge < -0.3 is 10.2 Å². The summed E-state index contributed by atoms with van der Waals surface area (Å²) in [6.07, 6.45) is 0.359. The molecular weight excluding hydrogens is 522 g/mol. The first-order valence-electron chi connectivity index (χ1n) is 12.4. The first-order chi connectivity index (χ1) is 18.0. The minimum Gasteiger partial charge on any atom is -0.357 e. The quantitative estimate of drug-likeness (QED) is 0.381. The summed E-state index contributed by atoms with van der Waals surface area (Å²) in [6.45, 7) is 7.06. The van der Waals surface area contributed by atoms with Crippen LogP contribution in [-0.4, -0.2) is 44.8 Å². The predicted octanol–water partition coefficient (Wildman–Crippen LogP) is 5.01. The molecule has 0 aliphatic heterocycles. The molecule has 0 heterocycles. The number of sulfonamides is 1. The zero-order valence-electron chi connectivity index (χ0n) is 22.4. The van der Waals surface area contributed by atoms with Crippen LogP contribution >= 0.6 is 11.6 Å². The largest absolute Gasteiger partial charge is 0.357 e. The number of benzene rings is 3. The number of amides is 2. The molecule has 1 atom stereocenters. The molecule has 0 radical (unpaired) electrons. The van der Waals surface area contributed by atoms with Gasteiger partial charge in [-0.15, -0.1) is 0 Å². The van der Waals surface area contributed by atoms with Crippen LogP contribution in [0.1, 0.15) is 35.6 Å². The first kappa shape index (κ1) is 29.2. The van der Waals surface area contributed by atoms with E-state index in [-0.39, 0.29) is 17.3 Å². The highest BCUT2D eigenvalue weighted by Gasteiger charge is 2.34. The number of aryl methyl sites for hydroxylation is 3. The van der Waals surface area contributed by atoms with Gasteiger partial charge in [-0.3, -0.25) is 13.9 Å². The molecule has 9 heteroatoms. The van der Waals surface area contributed by atoms with Crippen LogP contribution in [-0.2, 0) is 26.2 Å². The van der Waals surface area contributed by atoms with E-state index in [9.17, 15) is 18.0 Å². The van der Waals surface area contributed by atoms with E-state index in [1.165, 1.54) is 30.1 Å². The Morgan fingerprint density at radius 1 is 0.921 bits per heavy atom. The zero-order chi connectivity index (χ0) is 28.0. The van der Waals surface area contributed by atoms with Gasteiger partial charge in [0.15, 0.2) is 0 Å². The van der Waals surface area contributed by atoms with E-state index in [1.54, 1.807) is 31.2 Å². The van der Waals surface area contributed by atoms with Crippen molar-refractivity contribution in [3.05, 3.63) is 94.0 Å². The van der Waals surface area contributed by atoms with Gasteiger partial charge in [0, 0.05) is 18.6 Å². The zero-order valence-corrected chi connectivity index (χ0v) is 23.9. The van der Waals surface area contributed by atoms with Crippen molar-refractivity contribution < 1.29 is 18.0 Å². The second-order valence-corrected chi connectivity index (χ2v) is 11.6. The van der Waals surface area contributed by atoms with Crippen LogP contribution in [0.4, 0.5) is 5.69 Å². The summed E-state index contributed by atoms with van der Waals surface area (Å²) in [4.78, 5) is 28.2. The molecule has 2 amide bonds. The number of nitrogens with zero attached hydrogens (tertiary/aromatic N) is 2. The van der Waals surface area contributed by atoms with Gasteiger partial charge in [0.05, 0.1) is 10.6 Å². The molecule has 0 saturated heterocycles. The van der Waals surface area contributed by atoms with Crippen molar-refractivity contribution in [2.45, 2.75) is 51.6 Å². The lowest BCUT2D eigenvalue weighted by Gasteiger charge is -2.33. The third-order valence-corrected chi connectivity index (χ3v) is 8.44. The monoisotopic (exact) mass is 555 g/mol. The van der Waals surface area contributed by atoms with E-state index in [1.807, 2.05) is 45.0 Å². The Balaban J connectivity index is 2.10. The molecular formula is C29H34ClN3O4S. The Morgan fingerprint density at radius 2 is 1.50 bits per heavy atom. The summed E-state index contributed by atoms with van der Waals surface area (Å²) in [5.41, 5.74) is 3.75. The highest BCUT2D eigenvalue weighted by atomic mass is 35.5. The maximum Gasteiger partial charge on any atom is 0.264 e. The van der Waals surface area contributed by atoms with Crippen LogP contribution in [0.5, 0.6) is 0 Å². The molecule has 38 heavy (non-hydrogen) atoms. The van der Waals surface area contributed by atoms with Gasteiger partial charge in [0.1, 0.15) is 12.6 Å². The van der Waals surface area contributed by atoms with E-state index < -0.39 is 28.5 Å². The topological polar surface area (TPSA) is 86.8 Å². The summed E-state index contributed by atoms with van der Waals surface area (Å²) in [5.74, 6) is -0.823. The third kappa shape index (κ3) is 6.74.